The SMILES string of the molecule is O=C(Cc1cc(Cl)c2c(c1)OCCO2)Nc1nnc(SCc2ccccc2)s1. The van der Waals surface area contributed by atoms with Gasteiger partial charge in [-0.1, -0.05) is 65.0 Å². The van der Waals surface area contributed by atoms with Crippen LogP contribution in [0.1, 0.15) is 11.1 Å². The highest BCUT2D eigenvalue weighted by Crippen LogP contribution is 2.38. The highest BCUT2D eigenvalue weighted by molar-refractivity contribution is 8.00. The lowest BCUT2D eigenvalue weighted by atomic mass is 10.1. The molecule has 3 aromatic rings. The molecule has 0 unspecified atom stereocenters. The number of aromatic nitrogens is 2. The van der Waals surface area contributed by atoms with E-state index in [2.05, 4.69) is 27.6 Å². The van der Waals surface area contributed by atoms with Gasteiger partial charge >= 0.3 is 0 Å². The molecule has 1 aliphatic heterocycles. The molecule has 1 N–H and O–H groups in total. The molecule has 2 heterocycles. The average Bonchev–Trinajstić information content (AvgIpc) is 3.14. The Hall–Kier alpha value is -2.29. The van der Waals surface area contributed by atoms with Crippen LogP contribution in [0.3, 0.4) is 0 Å². The number of benzene rings is 2. The van der Waals surface area contributed by atoms with E-state index >= 15 is 0 Å². The van der Waals surface area contributed by atoms with Crippen LogP contribution in [0, 0.1) is 0 Å². The summed E-state index contributed by atoms with van der Waals surface area (Å²) in [6.07, 6.45) is 0.155. The van der Waals surface area contributed by atoms with Gasteiger partial charge in [0.1, 0.15) is 13.2 Å². The largest absolute Gasteiger partial charge is 0.486 e. The second kappa shape index (κ2) is 8.81. The minimum Gasteiger partial charge on any atom is -0.486 e. The molecule has 0 atom stereocenters. The Morgan fingerprint density at radius 2 is 1.96 bits per heavy atom. The topological polar surface area (TPSA) is 73.3 Å². The molecular formula is C19H16ClN3O3S2. The van der Waals surface area contributed by atoms with Crippen LogP contribution in [0.4, 0.5) is 5.13 Å². The van der Waals surface area contributed by atoms with Crippen LogP contribution in [-0.4, -0.2) is 29.3 Å². The maximum absolute atomic E-state index is 12.4. The van der Waals surface area contributed by atoms with Crippen molar-refractivity contribution < 1.29 is 14.3 Å². The molecule has 2 aromatic carbocycles. The van der Waals surface area contributed by atoms with Crippen LogP contribution in [0.2, 0.25) is 5.02 Å². The van der Waals surface area contributed by atoms with Crippen LogP contribution in [0.25, 0.3) is 0 Å². The second-order valence-electron chi connectivity index (χ2n) is 5.97. The van der Waals surface area contributed by atoms with E-state index in [1.54, 1.807) is 23.9 Å². The number of carbonyl (C=O) groups excluding carboxylic acids is 1. The third-order valence-electron chi connectivity index (χ3n) is 3.88. The Balaban J connectivity index is 1.34. The van der Waals surface area contributed by atoms with E-state index in [1.165, 1.54) is 16.9 Å². The number of nitrogens with one attached hydrogen (secondary N) is 1. The normalized spacial score (nSPS) is 12.6. The lowest BCUT2D eigenvalue weighted by molar-refractivity contribution is -0.115. The highest BCUT2D eigenvalue weighted by Gasteiger charge is 2.18. The lowest BCUT2D eigenvalue weighted by Crippen LogP contribution is -2.17. The maximum atomic E-state index is 12.4. The summed E-state index contributed by atoms with van der Waals surface area (Å²) in [5, 5.41) is 11.9. The van der Waals surface area contributed by atoms with Crippen molar-refractivity contribution in [3.8, 4) is 11.5 Å². The molecule has 28 heavy (non-hydrogen) atoms. The number of halogens is 1. The number of hydrogen-bond donors (Lipinski definition) is 1. The standard InChI is InChI=1S/C19H16ClN3O3S2/c20-14-8-13(9-15-17(14)26-7-6-25-15)10-16(24)21-18-22-23-19(28-18)27-11-12-4-2-1-3-5-12/h1-5,8-9H,6-7,10-11H2,(H,21,22,24). The van der Waals surface area contributed by atoms with Crippen LogP contribution in [-0.2, 0) is 17.0 Å². The average molecular weight is 434 g/mol. The number of rotatable bonds is 6. The molecule has 0 bridgehead atoms. The van der Waals surface area contributed by atoms with Gasteiger partial charge in [0.25, 0.3) is 0 Å². The van der Waals surface area contributed by atoms with Gasteiger partial charge in [0.05, 0.1) is 11.4 Å². The molecule has 9 heteroatoms. The third kappa shape index (κ3) is 4.76. The Labute approximate surface area is 175 Å². The van der Waals surface area contributed by atoms with Crippen molar-refractivity contribution in [2.45, 2.75) is 16.5 Å². The van der Waals surface area contributed by atoms with Crippen LogP contribution in [0.15, 0.2) is 46.8 Å². The number of hydrogen-bond acceptors (Lipinski definition) is 7. The van der Waals surface area contributed by atoms with E-state index in [9.17, 15) is 4.79 Å². The fraction of sp³-hybridized carbons (Fsp3) is 0.211. The number of fused-ring (bicyclic) bond motifs is 1. The first-order chi connectivity index (χ1) is 13.7. The summed E-state index contributed by atoms with van der Waals surface area (Å²) in [6.45, 7) is 0.932. The predicted molar refractivity (Wildman–Crippen MR) is 111 cm³/mol. The molecule has 1 aliphatic rings. The molecule has 4 rings (SSSR count). The van der Waals surface area contributed by atoms with E-state index in [1.807, 2.05) is 18.2 Å². The molecule has 0 spiro atoms. The molecule has 0 saturated heterocycles. The van der Waals surface area contributed by atoms with Crippen molar-refractivity contribution in [2.24, 2.45) is 0 Å². The Kier molecular flexibility index (Phi) is 5.99. The summed E-state index contributed by atoms with van der Waals surface area (Å²) in [6, 6.07) is 13.6. The minimum absolute atomic E-state index is 0.155. The van der Waals surface area contributed by atoms with Gasteiger partial charge in [0.15, 0.2) is 15.8 Å². The zero-order chi connectivity index (χ0) is 19.3. The molecule has 144 valence electrons. The summed E-state index contributed by atoms with van der Waals surface area (Å²) in [7, 11) is 0. The molecule has 0 saturated carbocycles. The van der Waals surface area contributed by atoms with E-state index < -0.39 is 0 Å². The van der Waals surface area contributed by atoms with Gasteiger partial charge in [-0.3, -0.25) is 4.79 Å². The van der Waals surface area contributed by atoms with Gasteiger partial charge in [0.2, 0.25) is 11.0 Å². The maximum Gasteiger partial charge on any atom is 0.230 e. The van der Waals surface area contributed by atoms with Gasteiger partial charge in [-0.05, 0) is 23.3 Å². The summed E-state index contributed by atoms with van der Waals surface area (Å²) >= 11 is 9.16. The Morgan fingerprint density at radius 3 is 2.82 bits per heavy atom. The van der Waals surface area contributed by atoms with Crippen molar-refractivity contribution in [3.63, 3.8) is 0 Å². The fourth-order valence-electron chi connectivity index (χ4n) is 2.65. The van der Waals surface area contributed by atoms with Crippen molar-refractivity contribution in [1.82, 2.24) is 10.2 Å². The van der Waals surface area contributed by atoms with Gasteiger partial charge in [-0.2, -0.15) is 0 Å². The summed E-state index contributed by atoms with van der Waals surface area (Å²) < 4.78 is 11.8. The zero-order valence-electron chi connectivity index (χ0n) is 14.7. The number of ether oxygens (including phenoxy) is 2. The zero-order valence-corrected chi connectivity index (χ0v) is 17.1. The first-order valence-electron chi connectivity index (χ1n) is 8.55. The number of nitrogens with zero attached hydrogens (tertiary/aromatic N) is 2. The molecule has 0 aliphatic carbocycles. The first kappa shape index (κ1) is 19.0. The Morgan fingerprint density at radius 1 is 1.14 bits per heavy atom. The van der Waals surface area contributed by atoms with Crippen molar-refractivity contribution in [3.05, 3.63) is 58.6 Å². The van der Waals surface area contributed by atoms with E-state index in [-0.39, 0.29) is 12.3 Å². The Bertz CT molecular complexity index is 982. The van der Waals surface area contributed by atoms with Crippen molar-refractivity contribution >= 4 is 45.7 Å². The molecule has 1 aromatic heterocycles. The number of anilines is 1. The van der Waals surface area contributed by atoms with Gasteiger partial charge < -0.3 is 14.8 Å². The second-order valence-corrected chi connectivity index (χ2v) is 8.58. The molecule has 0 fully saturated rings. The van der Waals surface area contributed by atoms with Gasteiger partial charge in [-0.15, -0.1) is 10.2 Å². The van der Waals surface area contributed by atoms with E-state index in [0.717, 1.165) is 15.7 Å². The number of thioether (sulfide) groups is 1. The number of carbonyl (C=O) groups is 1. The molecule has 0 radical (unpaired) electrons. The van der Waals surface area contributed by atoms with Gasteiger partial charge in [-0.25, -0.2) is 0 Å². The smallest absolute Gasteiger partial charge is 0.230 e. The van der Waals surface area contributed by atoms with Crippen LogP contribution >= 0.6 is 34.7 Å². The van der Waals surface area contributed by atoms with E-state index in [4.69, 9.17) is 21.1 Å². The summed E-state index contributed by atoms with van der Waals surface area (Å²) in [5.74, 6) is 1.71. The lowest BCUT2D eigenvalue weighted by Gasteiger charge is -2.20. The summed E-state index contributed by atoms with van der Waals surface area (Å²) in [4.78, 5) is 12.4. The summed E-state index contributed by atoms with van der Waals surface area (Å²) in [5.41, 5.74) is 1.96. The van der Waals surface area contributed by atoms with Gasteiger partial charge in [0, 0.05) is 5.75 Å². The van der Waals surface area contributed by atoms with E-state index in [0.29, 0.717) is 34.9 Å². The minimum atomic E-state index is -0.191. The van der Waals surface area contributed by atoms with Crippen molar-refractivity contribution in [1.29, 1.82) is 0 Å². The number of amides is 1. The van der Waals surface area contributed by atoms with Crippen molar-refractivity contribution in [2.75, 3.05) is 18.5 Å². The monoisotopic (exact) mass is 433 g/mol. The van der Waals surface area contributed by atoms with Crippen LogP contribution < -0.4 is 14.8 Å². The molecular weight excluding hydrogens is 418 g/mol. The van der Waals surface area contributed by atoms with Crippen LogP contribution in [0.5, 0.6) is 11.5 Å². The quantitative estimate of drug-likeness (QED) is 0.457. The molecule has 6 nitrogen and oxygen atoms in total. The molecule has 1 amide bonds. The fourth-order valence-corrected chi connectivity index (χ4v) is 4.66. The first-order valence-corrected chi connectivity index (χ1v) is 10.7. The highest BCUT2D eigenvalue weighted by atomic mass is 35.5. The predicted octanol–water partition coefficient (Wildman–Crippen LogP) is 4.44. The third-order valence-corrected chi connectivity index (χ3v) is 6.20.